The second kappa shape index (κ2) is 4.35. The SMILES string of the molecule is CCCC1(O)CN(Cc2ncc(Cl)n2C)C1. The normalized spacial score (nSPS) is 19.8. The molecule has 4 nitrogen and oxygen atoms in total. The van der Waals surface area contributed by atoms with Crippen molar-refractivity contribution < 1.29 is 5.11 Å². The Labute approximate surface area is 101 Å². The lowest BCUT2D eigenvalue weighted by molar-refractivity contribution is -0.107. The summed E-state index contributed by atoms with van der Waals surface area (Å²) < 4.78 is 1.87. The molecule has 0 aliphatic carbocycles. The predicted octanol–water partition coefficient (Wildman–Crippen LogP) is 1.42. The first-order chi connectivity index (χ1) is 7.54. The van der Waals surface area contributed by atoms with Crippen molar-refractivity contribution in [2.45, 2.75) is 31.9 Å². The van der Waals surface area contributed by atoms with E-state index in [4.69, 9.17) is 11.6 Å². The number of hydrogen-bond donors (Lipinski definition) is 1. The Hall–Kier alpha value is -0.580. The van der Waals surface area contributed by atoms with Crippen LogP contribution < -0.4 is 0 Å². The van der Waals surface area contributed by atoms with E-state index >= 15 is 0 Å². The number of hydrogen-bond acceptors (Lipinski definition) is 3. The molecule has 0 amide bonds. The summed E-state index contributed by atoms with van der Waals surface area (Å²) in [7, 11) is 1.91. The quantitative estimate of drug-likeness (QED) is 0.870. The van der Waals surface area contributed by atoms with Crippen LogP contribution in [0.1, 0.15) is 25.6 Å². The van der Waals surface area contributed by atoms with Crippen LogP contribution >= 0.6 is 11.6 Å². The van der Waals surface area contributed by atoms with Crippen LogP contribution in [0, 0.1) is 0 Å². The first kappa shape index (κ1) is 11.9. The summed E-state index contributed by atoms with van der Waals surface area (Å²) in [4.78, 5) is 6.43. The van der Waals surface area contributed by atoms with Gasteiger partial charge in [0.25, 0.3) is 0 Å². The van der Waals surface area contributed by atoms with E-state index in [0.717, 1.165) is 38.3 Å². The molecular formula is C11H18ClN3O. The van der Waals surface area contributed by atoms with E-state index in [2.05, 4.69) is 16.8 Å². The minimum Gasteiger partial charge on any atom is -0.387 e. The smallest absolute Gasteiger partial charge is 0.128 e. The van der Waals surface area contributed by atoms with Gasteiger partial charge >= 0.3 is 0 Å². The Morgan fingerprint density at radius 3 is 2.75 bits per heavy atom. The molecule has 0 bridgehead atoms. The Bertz CT molecular complexity index is 371. The van der Waals surface area contributed by atoms with Crippen LogP contribution in [0.3, 0.4) is 0 Å². The maximum atomic E-state index is 10.0. The van der Waals surface area contributed by atoms with Gasteiger partial charge in [0, 0.05) is 20.1 Å². The second-order valence-corrected chi connectivity index (χ2v) is 5.06. The van der Waals surface area contributed by atoms with Crippen molar-refractivity contribution in [2.75, 3.05) is 13.1 Å². The molecule has 0 atom stereocenters. The van der Waals surface area contributed by atoms with E-state index in [1.54, 1.807) is 6.20 Å². The molecule has 0 aromatic carbocycles. The fourth-order valence-corrected chi connectivity index (χ4v) is 2.44. The van der Waals surface area contributed by atoms with Gasteiger partial charge in [-0.25, -0.2) is 4.98 Å². The van der Waals surface area contributed by atoms with Crippen molar-refractivity contribution in [2.24, 2.45) is 7.05 Å². The minimum absolute atomic E-state index is 0.469. The molecule has 2 heterocycles. The fourth-order valence-electron chi connectivity index (χ4n) is 2.29. The van der Waals surface area contributed by atoms with Crippen LogP contribution in [-0.2, 0) is 13.6 Å². The number of imidazole rings is 1. The molecule has 1 N–H and O–H groups in total. The van der Waals surface area contributed by atoms with Crippen molar-refractivity contribution >= 4 is 11.6 Å². The predicted molar refractivity (Wildman–Crippen MR) is 63.4 cm³/mol. The monoisotopic (exact) mass is 243 g/mol. The van der Waals surface area contributed by atoms with Crippen LogP contribution in [0.5, 0.6) is 0 Å². The summed E-state index contributed by atoms with van der Waals surface area (Å²) >= 11 is 5.91. The minimum atomic E-state index is -0.469. The zero-order valence-corrected chi connectivity index (χ0v) is 10.5. The highest BCUT2D eigenvalue weighted by Gasteiger charge is 2.40. The first-order valence-corrected chi connectivity index (χ1v) is 6.03. The summed E-state index contributed by atoms with van der Waals surface area (Å²) in [6.07, 6.45) is 3.57. The highest BCUT2D eigenvalue weighted by Crippen LogP contribution is 2.27. The van der Waals surface area contributed by atoms with Crippen LogP contribution in [0.4, 0.5) is 0 Å². The lowest BCUT2D eigenvalue weighted by Crippen LogP contribution is -2.61. The van der Waals surface area contributed by atoms with Crippen molar-refractivity contribution in [3.05, 3.63) is 17.2 Å². The van der Waals surface area contributed by atoms with Gasteiger partial charge in [0.2, 0.25) is 0 Å². The zero-order chi connectivity index (χ0) is 11.8. The van der Waals surface area contributed by atoms with Gasteiger partial charge in [0.1, 0.15) is 11.0 Å². The summed E-state index contributed by atoms with van der Waals surface area (Å²) in [5.74, 6) is 0.948. The van der Waals surface area contributed by atoms with E-state index in [9.17, 15) is 5.11 Å². The lowest BCUT2D eigenvalue weighted by atomic mass is 9.89. The summed E-state index contributed by atoms with van der Waals surface area (Å²) in [5.41, 5.74) is -0.469. The summed E-state index contributed by atoms with van der Waals surface area (Å²) in [6.45, 7) is 4.34. The molecule has 0 radical (unpaired) electrons. The standard InChI is InChI=1S/C11H18ClN3O/c1-3-4-11(16)7-15(8-11)6-10-13-5-9(12)14(10)2/h5,16H,3-4,6-8H2,1-2H3. The van der Waals surface area contributed by atoms with Gasteiger partial charge in [-0.3, -0.25) is 4.90 Å². The Kier molecular flexibility index (Phi) is 3.24. The Morgan fingerprint density at radius 1 is 1.56 bits per heavy atom. The maximum Gasteiger partial charge on any atom is 0.128 e. The van der Waals surface area contributed by atoms with E-state index in [0.29, 0.717) is 5.15 Å². The summed E-state index contributed by atoms with van der Waals surface area (Å²) in [5, 5.41) is 10.7. The molecule has 1 aromatic rings. The van der Waals surface area contributed by atoms with Gasteiger partial charge in [-0.05, 0) is 6.42 Å². The molecule has 1 aliphatic rings. The number of aromatic nitrogens is 2. The number of rotatable bonds is 4. The molecule has 5 heteroatoms. The molecule has 0 unspecified atom stereocenters. The topological polar surface area (TPSA) is 41.3 Å². The third-order valence-corrected chi connectivity index (χ3v) is 3.50. The number of nitrogens with zero attached hydrogens (tertiary/aromatic N) is 3. The van der Waals surface area contributed by atoms with Crippen molar-refractivity contribution in [1.82, 2.24) is 14.5 Å². The average Bonchev–Trinajstić information content (AvgIpc) is 2.48. The molecule has 2 rings (SSSR count). The summed E-state index contributed by atoms with van der Waals surface area (Å²) in [6, 6.07) is 0. The molecule has 1 fully saturated rings. The molecule has 16 heavy (non-hydrogen) atoms. The molecule has 90 valence electrons. The number of halogens is 1. The largest absolute Gasteiger partial charge is 0.387 e. The van der Waals surface area contributed by atoms with Crippen molar-refractivity contribution in [3.8, 4) is 0 Å². The average molecular weight is 244 g/mol. The van der Waals surface area contributed by atoms with E-state index < -0.39 is 5.60 Å². The zero-order valence-electron chi connectivity index (χ0n) is 9.78. The lowest BCUT2D eigenvalue weighted by Gasteiger charge is -2.46. The molecule has 0 saturated carbocycles. The Balaban J connectivity index is 1.88. The number of likely N-dealkylation sites (tertiary alicyclic amines) is 1. The van der Waals surface area contributed by atoms with Crippen LogP contribution in [0.15, 0.2) is 6.20 Å². The molecule has 1 saturated heterocycles. The third-order valence-electron chi connectivity index (χ3n) is 3.14. The van der Waals surface area contributed by atoms with Crippen molar-refractivity contribution in [3.63, 3.8) is 0 Å². The van der Waals surface area contributed by atoms with Crippen molar-refractivity contribution in [1.29, 1.82) is 0 Å². The molecule has 0 spiro atoms. The number of β-amino-alcohol motifs (C(OH)–C–C–N with tert-alkyl or cyclic N) is 1. The Morgan fingerprint density at radius 2 is 2.25 bits per heavy atom. The molecule has 1 aromatic heterocycles. The van der Waals surface area contributed by atoms with Gasteiger partial charge < -0.3 is 9.67 Å². The second-order valence-electron chi connectivity index (χ2n) is 4.68. The maximum absolute atomic E-state index is 10.0. The number of aliphatic hydroxyl groups is 1. The van der Waals surface area contributed by atoms with E-state index in [1.807, 2.05) is 11.6 Å². The van der Waals surface area contributed by atoms with Gasteiger partial charge in [-0.1, -0.05) is 24.9 Å². The van der Waals surface area contributed by atoms with Crippen LogP contribution in [-0.4, -0.2) is 38.2 Å². The van der Waals surface area contributed by atoms with Gasteiger partial charge in [0.15, 0.2) is 0 Å². The first-order valence-electron chi connectivity index (χ1n) is 5.65. The van der Waals surface area contributed by atoms with Crippen LogP contribution in [0.2, 0.25) is 5.15 Å². The highest BCUT2D eigenvalue weighted by molar-refractivity contribution is 6.29. The van der Waals surface area contributed by atoms with Gasteiger partial charge in [0.05, 0.1) is 18.3 Å². The molecule has 1 aliphatic heterocycles. The molecular weight excluding hydrogens is 226 g/mol. The van der Waals surface area contributed by atoms with E-state index in [-0.39, 0.29) is 0 Å². The third kappa shape index (κ3) is 2.24. The van der Waals surface area contributed by atoms with Gasteiger partial charge in [-0.2, -0.15) is 0 Å². The van der Waals surface area contributed by atoms with E-state index in [1.165, 1.54) is 0 Å². The fraction of sp³-hybridized carbons (Fsp3) is 0.727. The van der Waals surface area contributed by atoms with Gasteiger partial charge in [-0.15, -0.1) is 0 Å². The van der Waals surface area contributed by atoms with Crippen LogP contribution in [0.25, 0.3) is 0 Å². The highest BCUT2D eigenvalue weighted by atomic mass is 35.5.